The molecule has 1 aliphatic carbocycles. The summed E-state index contributed by atoms with van der Waals surface area (Å²) in [6.07, 6.45) is 3.50. The molecule has 0 spiro atoms. The molecule has 2 aromatic rings. The first-order valence-electron chi connectivity index (χ1n) is 11.7. The third-order valence-corrected chi connectivity index (χ3v) is 8.85. The number of sulfonamides is 1. The number of benzene rings is 1. The summed E-state index contributed by atoms with van der Waals surface area (Å²) in [4.78, 5) is 17.2. The van der Waals surface area contributed by atoms with Gasteiger partial charge in [-0.25, -0.2) is 8.42 Å². The number of hydrogen-bond donors (Lipinski definition) is 1. The van der Waals surface area contributed by atoms with Crippen molar-refractivity contribution in [2.24, 2.45) is 10.6 Å². The van der Waals surface area contributed by atoms with Crippen molar-refractivity contribution in [2.45, 2.75) is 64.3 Å². The van der Waals surface area contributed by atoms with E-state index < -0.39 is 16.0 Å². The Balaban J connectivity index is 1.87. The van der Waals surface area contributed by atoms with Crippen LogP contribution in [0.2, 0.25) is 0 Å². The number of carbonyl (C=O) groups is 1. The predicted molar refractivity (Wildman–Crippen MR) is 130 cm³/mol. The van der Waals surface area contributed by atoms with Crippen LogP contribution >= 0.6 is 0 Å². The molecule has 184 valence electrons. The van der Waals surface area contributed by atoms with Gasteiger partial charge in [-0.05, 0) is 55.2 Å². The summed E-state index contributed by atoms with van der Waals surface area (Å²) in [5.41, 5.74) is 4.91. The normalized spacial score (nSPS) is 19.4. The molecule has 0 unspecified atom stereocenters. The van der Waals surface area contributed by atoms with Crippen LogP contribution in [0.3, 0.4) is 0 Å². The van der Waals surface area contributed by atoms with E-state index in [1.54, 1.807) is 16.4 Å². The average Bonchev–Trinajstić information content (AvgIpc) is 3.38. The van der Waals surface area contributed by atoms with Crippen LogP contribution in [0, 0.1) is 12.3 Å². The monoisotopic (exact) mass is 487 g/mol. The van der Waals surface area contributed by atoms with Crippen molar-refractivity contribution in [1.82, 2.24) is 8.87 Å². The topological polar surface area (TPSA) is 101 Å². The lowest BCUT2D eigenvalue weighted by atomic mass is 9.74. The molecule has 1 saturated heterocycles. The van der Waals surface area contributed by atoms with E-state index in [1.165, 1.54) is 7.11 Å². The van der Waals surface area contributed by atoms with E-state index in [0.717, 1.165) is 41.1 Å². The summed E-state index contributed by atoms with van der Waals surface area (Å²) in [7, 11) is -2.09. The van der Waals surface area contributed by atoms with Crippen molar-refractivity contribution in [3.05, 3.63) is 52.3 Å². The number of nitrogens with zero attached hydrogens (tertiary/aromatic N) is 3. The number of carboxylic acid groups (broad SMARTS) is 1. The molecule has 0 atom stereocenters. The Hall–Kier alpha value is -2.65. The zero-order valence-corrected chi connectivity index (χ0v) is 21.1. The van der Waals surface area contributed by atoms with E-state index in [1.807, 2.05) is 23.6 Å². The van der Waals surface area contributed by atoms with Crippen molar-refractivity contribution >= 4 is 21.7 Å². The first-order chi connectivity index (χ1) is 16.0. The molecule has 2 heterocycles. The van der Waals surface area contributed by atoms with Gasteiger partial charge in [-0.3, -0.25) is 4.79 Å². The van der Waals surface area contributed by atoms with Gasteiger partial charge in [0.05, 0.1) is 10.6 Å². The standard InChI is InChI=1S/C25H33N3O5S/c1-17-19(13-18-9-5-6-10-22(18)34(31,32)27-11-7-8-12-27)24-20(26-33-4)14-25(2,3)15-21(24)28(17)16-23(29)30/h5-6,9-10H,7-8,11-16H2,1-4H3,(H,29,30). The van der Waals surface area contributed by atoms with Crippen molar-refractivity contribution < 1.29 is 23.2 Å². The first-order valence-corrected chi connectivity index (χ1v) is 13.1. The van der Waals surface area contributed by atoms with Gasteiger partial charge in [-0.2, -0.15) is 4.31 Å². The second-order valence-electron chi connectivity index (χ2n) is 10.00. The van der Waals surface area contributed by atoms with Crippen LogP contribution < -0.4 is 0 Å². The summed E-state index contributed by atoms with van der Waals surface area (Å²) < 4.78 is 30.2. The lowest BCUT2D eigenvalue weighted by Gasteiger charge is -2.31. The van der Waals surface area contributed by atoms with E-state index >= 15 is 0 Å². The molecule has 1 aromatic carbocycles. The van der Waals surface area contributed by atoms with Gasteiger partial charge in [0, 0.05) is 36.5 Å². The minimum absolute atomic E-state index is 0.111. The second-order valence-corrected chi connectivity index (χ2v) is 11.9. The first kappa shape index (κ1) is 24.5. The number of carboxylic acids is 1. The molecule has 0 radical (unpaired) electrons. The molecule has 8 nitrogen and oxygen atoms in total. The molecule has 1 aliphatic heterocycles. The van der Waals surface area contributed by atoms with Crippen LogP contribution in [0.25, 0.3) is 0 Å². The van der Waals surface area contributed by atoms with Gasteiger partial charge in [0.2, 0.25) is 10.0 Å². The lowest BCUT2D eigenvalue weighted by Crippen LogP contribution is -2.30. The fourth-order valence-corrected chi connectivity index (χ4v) is 7.09. The summed E-state index contributed by atoms with van der Waals surface area (Å²) in [5, 5.41) is 13.9. The third-order valence-electron chi connectivity index (χ3n) is 6.86. The van der Waals surface area contributed by atoms with Crippen LogP contribution in [0.15, 0.2) is 34.3 Å². The largest absolute Gasteiger partial charge is 0.480 e. The van der Waals surface area contributed by atoms with Gasteiger partial charge >= 0.3 is 5.97 Å². The molecule has 0 amide bonds. The van der Waals surface area contributed by atoms with Gasteiger partial charge in [-0.15, -0.1) is 0 Å². The quantitative estimate of drug-likeness (QED) is 0.602. The number of rotatable bonds is 7. The minimum atomic E-state index is -3.60. The molecule has 1 fully saturated rings. The predicted octanol–water partition coefficient (Wildman–Crippen LogP) is 3.58. The molecule has 0 bridgehead atoms. The molecular formula is C25H33N3O5S. The Labute approximate surface area is 201 Å². The fourth-order valence-electron chi connectivity index (χ4n) is 5.35. The highest BCUT2D eigenvalue weighted by Gasteiger charge is 2.37. The van der Waals surface area contributed by atoms with Crippen LogP contribution in [-0.2, 0) is 39.0 Å². The molecular weight excluding hydrogens is 454 g/mol. The maximum absolute atomic E-state index is 13.4. The van der Waals surface area contributed by atoms with Crippen molar-refractivity contribution in [2.75, 3.05) is 20.2 Å². The molecule has 0 saturated carbocycles. The Morgan fingerprint density at radius 3 is 2.50 bits per heavy atom. The zero-order chi connectivity index (χ0) is 24.7. The Kier molecular flexibility index (Phi) is 6.61. The maximum atomic E-state index is 13.4. The molecule has 9 heteroatoms. The number of fused-ring (bicyclic) bond motifs is 1. The van der Waals surface area contributed by atoms with Gasteiger partial charge in [-0.1, -0.05) is 37.2 Å². The average molecular weight is 488 g/mol. The van der Waals surface area contributed by atoms with E-state index in [9.17, 15) is 18.3 Å². The highest BCUT2D eigenvalue weighted by atomic mass is 32.2. The highest BCUT2D eigenvalue weighted by Crippen LogP contribution is 2.40. The van der Waals surface area contributed by atoms with Crippen molar-refractivity contribution in [1.29, 1.82) is 0 Å². The van der Waals surface area contributed by atoms with Gasteiger partial charge in [0.1, 0.15) is 13.7 Å². The lowest BCUT2D eigenvalue weighted by molar-refractivity contribution is -0.137. The summed E-state index contributed by atoms with van der Waals surface area (Å²) >= 11 is 0. The van der Waals surface area contributed by atoms with Gasteiger partial charge < -0.3 is 14.5 Å². The van der Waals surface area contributed by atoms with Gasteiger partial charge in [0.25, 0.3) is 0 Å². The molecule has 2 aliphatic rings. The SMILES string of the molecule is CON=C1CC(C)(C)Cc2c1c(Cc1ccccc1S(=O)(=O)N1CCCC1)c(C)n2CC(=O)O. The zero-order valence-electron chi connectivity index (χ0n) is 20.3. The van der Waals surface area contributed by atoms with Crippen LogP contribution in [0.1, 0.15) is 61.2 Å². The highest BCUT2D eigenvalue weighted by molar-refractivity contribution is 7.89. The third kappa shape index (κ3) is 4.51. The van der Waals surface area contributed by atoms with E-state index in [-0.39, 0.29) is 12.0 Å². The van der Waals surface area contributed by atoms with E-state index in [2.05, 4.69) is 19.0 Å². The number of aromatic nitrogens is 1. The molecule has 34 heavy (non-hydrogen) atoms. The number of aliphatic carboxylic acids is 1. The Bertz CT molecular complexity index is 1240. The molecule has 1 aromatic heterocycles. The maximum Gasteiger partial charge on any atom is 0.323 e. The summed E-state index contributed by atoms with van der Waals surface area (Å²) in [6, 6.07) is 7.13. The van der Waals surface area contributed by atoms with E-state index in [4.69, 9.17) is 4.84 Å². The van der Waals surface area contributed by atoms with Crippen LogP contribution in [-0.4, -0.2) is 54.3 Å². The van der Waals surface area contributed by atoms with Gasteiger partial charge in [0.15, 0.2) is 0 Å². The smallest absolute Gasteiger partial charge is 0.323 e. The Morgan fingerprint density at radius 1 is 1.18 bits per heavy atom. The number of oxime groups is 1. The van der Waals surface area contributed by atoms with Crippen molar-refractivity contribution in [3.8, 4) is 0 Å². The summed E-state index contributed by atoms with van der Waals surface area (Å²) in [6.45, 7) is 7.10. The molecule has 1 N–H and O–H groups in total. The van der Waals surface area contributed by atoms with Crippen LogP contribution in [0.4, 0.5) is 0 Å². The summed E-state index contributed by atoms with van der Waals surface area (Å²) in [5.74, 6) is -0.918. The molecule has 4 rings (SSSR count). The Morgan fingerprint density at radius 2 is 1.85 bits per heavy atom. The minimum Gasteiger partial charge on any atom is -0.480 e. The van der Waals surface area contributed by atoms with Crippen LogP contribution in [0.5, 0.6) is 0 Å². The van der Waals surface area contributed by atoms with Crippen molar-refractivity contribution in [3.63, 3.8) is 0 Å². The van der Waals surface area contributed by atoms with E-state index in [0.29, 0.717) is 42.8 Å². The number of hydrogen-bond acceptors (Lipinski definition) is 5. The fraction of sp³-hybridized carbons (Fsp3) is 0.520. The second kappa shape index (κ2) is 9.19.